The van der Waals surface area contributed by atoms with Gasteiger partial charge in [0.15, 0.2) is 11.5 Å². The second kappa shape index (κ2) is 7.07. The zero-order valence-electron chi connectivity index (χ0n) is 14.3. The fourth-order valence-electron chi connectivity index (χ4n) is 3.31. The van der Waals surface area contributed by atoms with Gasteiger partial charge < -0.3 is 19.7 Å². The normalized spacial score (nSPS) is 18.0. The SMILES string of the molecule is O=C(NCC(=O)N1CCCc2ccccc21)[C@@H]1COc2ccccc2O1. The fourth-order valence-corrected chi connectivity index (χ4v) is 3.31. The summed E-state index contributed by atoms with van der Waals surface area (Å²) in [5.41, 5.74) is 2.10. The monoisotopic (exact) mass is 352 g/mol. The molecule has 4 rings (SSSR count). The largest absolute Gasteiger partial charge is 0.485 e. The first-order valence-electron chi connectivity index (χ1n) is 8.77. The smallest absolute Gasteiger partial charge is 0.265 e. The van der Waals surface area contributed by atoms with Crippen LogP contribution in [0.5, 0.6) is 11.5 Å². The molecule has 2 amide bonds. The number of aryl methyl sites for hydroxylation is 1. The van der Waals surface area contributed by atoms with Gasteiger partial charge in [0.05, 0.1) is 6.54 Å². The van der Waals surface area contributed by atoms with Crippen LogP contribution in [-0.2, 0) is 16.0 Å². The van der Waals surface area contributed by atoms with Crippen LogP contribution in [0.1, 0.15) is 12.0 Å². The second-order valence-corrected chi connectivity index (χ2v) is 6.36. The number of benzene rings is 2. The molecule has 0 unspecified atom stereocenters. The van der Waals surface area contributed by atoms with Gasteiger partial charge in [0.2, 0.25) is 12.0 Å². The van der Waals surface area contributed by atoms with Gasteiger partial charge in [-0.3, -0.25) is 9.59 Å². The predicted molar refractivity (Wildman–Crippen MR) is 96.5 cm³/mol. The summed E-state index contributed by atoms with van der Waals surface area (Å²) in [4.78, 5) is 26.7. The first-order valence-corrected chi connectivity index (χ1v) is 8.77. The highest BCUT2D eigenvalue weighted by molar-refractivity contribution is 5.98. The van der Waals surface area contributed by atoms with Crippen LogP contribution in [0, 0.1) is 0 Å². The number of ether oxygens (including phenoxy) is 2. The molecule has 0 aliphatic carbocycles. The van der Waals surface area contributed by atoms with Crippen molar-refractivity contribution >= 4 is 17.5 Å². The first kappa shape index (κ1) is 16.4. The molecule has 0 bridgehead atoms. The van der Waals surface area contributed by atoms with E-state index < -0.39 is 6.10 Å². The van der Waals surface area contributed by atoms with Crippen molar-refractivity contribution in [3.63, 3.8) is 0 Å². The van der Waals surface area contributed by atoms with Crippen molar-refractivity contribution in [2.45, 2.75) is 18.9 Å². The minimum absolute atomic E-state index is 0.0608. The molecule has 2 aromatic rings. The van der Waals surface area contributed by atoms with Crippen molar-refractivity contribution < 1.29 is 19.1 Å². The number of nitrogens with zero attached hydrogens (tertiary/aromatic N) is 1. The Morgan fingerprint density at radius 2 is 1.85 bits per heavy atom. The zero-order valence-corrected chi connectivity index (χ0v) is 14.3. The van der Waals surface area contributed by atoms with E-state index in [9.17, 15) is 9.59 Å². The van der Waals surface area contributed by atoms with Crippen molar-refractivity contribution in [3.05, 3.63) is 54.1 Å². The number of carbonyl (C=O) groups excluding carboxylic acids is 2. The third-order valence-electron chi connectivity index (χ3n) is 4.63. The molecule has 0 aromatic heterocycles. The van der Waals surface area contributed by atoms with Crippen LogP contribution in [0.3, 0.4) is 0 Å². The van der Waals surface area contributed by atoms with Gasteiger partial charge in [0, 0.05) is 12.2 Å². The van der Waals surface area contributed by atoms with Gasteiger partial charge >= 0.3 is 0 Å². The minimum atomic E-state index is -0.758. The summed E-state index contributed by atoms with van der Waals surface area (Å²) in [5.74, 6) is 0.688. The number of hydrogen-bond acceptors (Lipinski definition) is 4. The van der Waals surface area contributed by atoms with Crippen LogP contribution in [0.15, 0.2) is 48.5 Å². The summed E-state index contributed by atoms with van der Waals surface area (Å²) in [6.45, 7) is 0.736. The van der Waals surface area contributed by atoms with Gasteiger partial charge in [0.1, 0.15) is 6.61 Å². The van der Waals surface area contributed by atoms with Gasteiger partial charge in [-0.25, -0.2) is 0 Å². The van der Waals surface area contributed by atoms with Crippen LogP contribution in [0.4, 0.5) is 5.69 Å². The summed E-state index contributed by atoms with van der Waals surface area (Å²) in [5, 5.41) is 2.68. The number of anilines is 1. The second-order valence-electron chi connectivity index (χ2n) is 6.36. The van der Waals surface area contributed by atoms with Crippen LogP contribution < -0.4 is 19.7 Å². The van der Waals surface area contributed by atoms with Crippen molar-refractivity contribution in [1.82, 2.24) is 5.32 Å². The molecule has 1 N–H and O–H groups in total. The maximum absolute atomic E-state index is 12.6. The molecule has 26 heavy (non-hydrogen) atoms. The van der Waals surface area contributed by atoms with Crippen molar-refractivity contribution in [2.24, 2.45) is 0 Å². The highest BCUT2D eigenvalue weighted by atomic mass is 16.6. The van der Waals surface area contributed by atoms with E-state index in [1.54, 1.807) is 17.0 Å². The molecule has 134 valence electrons. The molecule has 2 aliphatic heterocycles. The van der Waals surface area contributed by atoms with Crippen LogP contribution in [-0.4, -0.2) is 37.6 Å². The number of amides is 2. The Balaban J connectivity index is 1.36. The topological polar surface area (TPSA) is 67.9 Å². The summed E-state index contributed by atoms with van der Waals surface area (Å²) < 4.78 is 11.2. The molecule has 0 spiro atoms. The minimum Gasteiger partial charge on any atom is -0.485 e. The maximum Gasteiger partial charge on any atom is 0.265 e. The van der Waals surface area contributed by atoms with E-state index in [0.717, 1.165) is 18.5 Å². The van der Waals surface area contributed by atoms with Gasteiger partial charge in [-0.1, -0.05) is 30.3 Å². The summed E-state index contributed by atoms with van der Waals surface area (Å²) in [7, 11) is 0. The standard InChI is InChI=1S/C20H20N2O4/c23-19(22-11-5-7-14-6-1-2-8-15(14)22)12-21-20(24)18-13-25-16-9-3-4-10-17(16)26-18/h1-4,6,8-10,18H,5,7,11-13H2,(H,21,24)/t18-/m0/s1. The highest BCUT2D eigenvalue weighted by Gasteiger charge is 2.28. The first-order chi connectivity index (χ1) is 12.7. The molecule has 1 atom stereocenters. The van der Waals surface area contributed by atoms with Crippen LogP contribution in [0.2, 0.25) is 0 Å². The molecule has 0 fully saturated rings. The third-order valence-corrected chi connectivity index (χ3v) is 4.63. The summed E-state index contributed by atoms with van der Waals surface area (Å²) in [6, 6.07) is 15.1. The molecule has 0 radical (unpaired) electrons. The van der Waals surface area contributed by atoms with Crippen molar-refractivity contribution in [1.29, 1.82) is 0 Å². The lowest BCUT2D eigenvalue weighted by Crippen LogP contribution is -2.48. The van der Waals surface area contributed by atoms with Crippen molar-refractivity contribution in [2.75, 3.05) is 24.6 Å². The third kappa shape index (κ3) is 3.22. The van der Waals surface area contributed by atoms with Gasteiger partial charge in [0.25, 0.3) is 5.91 Å². The fraction of sp³-hybridized carbons (Fsp3) is 0.300. The molecule has 6 heteroatoms. The van der Waals surface area contributed by atoms with Gasteiger partial charge in [-0.15, -0.1) is 0 Å². The molecule has 2 heterocycles. The van der Waals surface area contributed by atoms with Gasteiger partial charge in [-0.2, -0.15) is 0 Å². The van der Waals surface area contributed by atoms with Crippen molar-refractivity contribution in [3.8, 4) is 11.5 Å². The Hall–Kier alpha value is -3.02. The van der Waals surface area contributed by atoms with Gasteiger partial charge in [-0.05, 0) is 36.6 Å². The number of hydrogen-bond donors (Lipinski definition) is 1. The van der Waals surface area contributed by atoms with E-state index >= 15 is 0 Å². The lowest BCUT2D eigenvalue weighted by molar-refractivity contribution is -0.132. The van der Waals surface area contributed by atoms with Crippen LogP contribution in [0.25, 0.3) is 0 Å². The highest BCUT2D eigenvalue weighted by Crippen LogP contribution is 2.31. The van der Waals surface area contributed by atoms with E-state index in [-0.39, 0.29) is 25.0 Å². The van der Waals surface area contributed by atoms with E-state index in [4.69, 9.17) is 9.47 Å². The molecule has 2 aromatic carbocycles. The maximum atomic E-state index is 12.6. The Kier molecular flexibility index (Phi) is 4.48. The Morgan fingerprint density at radius 3 is 2.73 bits per heavy atom. The van der Waals surface area contributed by atoms with E-state index in [1.807, 2.05) is 36.4 Å². The molecule has 0 saturated heterocycles. The van der Waals surface area contributed by atoms with Crippen LogP contribution >= 0.6 is 0 Å². The lowest BCUT2D eigenvalue weighted by atomic mass is 10.0. The average molecular weight is 352 g/mol. The van der Waals surface area contributed by atoms with E-state index in [0.29, 0.717) is 18.0 Å². The number of fused-ring (bicyclic) bond motifs is 2. The quantitative estimate of drug-likeness (QED) is 0.916. The predicted octanol–water partition coefficient (Wildman–Crippen LogP) is 1.92. The number of nitrogens with one attached hydrogen (secondary N) is 1. The summed E-state index contributed by atoms with van der Waals surface area (Å²) in [6.07, 6.45) is 1.14. The molecule has 6 nitrogen and oxygen atoms in total. The Bertz CT molecular complexity index is 836. The molecular weight excluding hydrogens is 332 g/mol. The summed E-state index contributed by atoms with van der Waals surface area (Å²) >= 11 is 0. The average Bonchev–Trinajstić information content (AvgIpc) is 2.71. The zero-order chi connectivity index (χ0) is 17.9. The molecule has 0 saturated carbocycles. The van der Waals surface area contributed by atoms with E-state index in [1.165, 1.54) is 5.56 Å². The number of carbonyl (C=O) groups is 2. The van der Waals surface area contributed by atoms with E-state index in [2.05, 4.69) is 5.32 Å². The molecule has 2 aliphatic rings. The lowest BCUT2D eigenvalue weighted by Gasteiger charge is -2.30. The molecular formula is C20H20N2O4. The Morgan fingerprint density at radius 1 is 1.08 bits per heavy atom. The number of para-hydroxylation sites is 3. The number of rotatable bonds is 3. The Labute approximate surface area is 151 Å².